The van der Waals surface area contributed by atoms with Crippen LogP contribution < -0.4 is 0 Å². The Morgan fingerprint density at radius 3 is 2.48 bits per heavy atom. The fourth-order valence-corrected chi connectivity index (χ4v) is 2.41. The topological polar surface area (TPSA) is 37.3 Å². The zero-order chi connectivity index (χ0) is 15.4. The van der Waals surface area contributed by atoms with Crippen molar-refractivity contribution in [2.75, 3.05) is 0 Å². The molecule has 0 bridgehead atoms. The van der Waals surface area contributed by atoms with E-state index in [0.29, 0.717) is 21.5 Å². The first-order valence-electron chi connectivity index (χ1n) is 6.09. The van der Waals surface area contributed by atoms with Gasteiger partial charge in [-0.15, -0.1) is 0 Å². The Balaban J connectivity index is 2.34. The Bertz CT molecular complexity index is 709. The Labute approximate surface area is 137 Å². The molecule has 0 atom stereocenters. The minimum absolute atomic E-state index is 0.491. The normalized spacial score (nSPS) is 11.0. The van der Waals surface area contributed by atoms with Crippen LogP contribution in [0.3, 0.4) is 0 Å². The minimum Gasteiger partial charge on any atom is -0.478 e. The molecule has 108 valence electrons. The van der Waals surface area contributed by atoms with Gasteiger partial charge in [0.15, 0.2) is 0 Å². The molecule has 0 amide bonds. The summed E-state index contributed by atoms with van der Waals surface area (Å²) in [6.45, 7) is 0. The molecule has 0 unspecified atom stereocenters. The van der Waals surface area contributed by atoms with Crippen molar-refractivity contribution in [1.29, 1.82) is 0 Å². The van der Waals surface area contributed by atoms with E-state index < -0.39 is 5.97 Å². The van der Waals surface area contributed by atoms with Gasteiger partial charge in [-0.3, -0.25) is 0 Å². The van der Waals surface area contributed by atoms with Crippen LogP contribution in [0.5, 0.6) is 0 Å². The highest BCUT2D eigenvalue weighted by Crippen LogP contribution is 2.26. The minimum atomic E-state index is -1.00. The highest BCUT2D eigenvalue weighted by atomic mass is 35.5. The van der Waals surface area contributed by atoms with Crippen molar-refractivity contribution < 1.29 is 9.90 Å². The average Bonchev–Trinajstić information content (AvgIpc) is 2.43. The molecule has 0 aromatic heterocycles. The van der Waals surface area contributed by atoms with E-state index in [0.717, 1.165) is 22.8 Å². The van der Waals surface area contributed by atoms with Crippen molar-refractivity contribution in [2.24, 2.45) is 0 Å². The molecular formula is C16H11Cl3O2. The standard InChI is InChI=1S/C16H11Cl3O2/c17-13-4-2-11(12(9-13)3-6-16(20)21)7-10-1-5-14(18)15(19)8-10/h1-6,8-9H,7H2,(H,20,21). The molecule has 2 aromatic rings. The van der Waals surface area contributed by atoms with Gasteiger partial charge in [-0.1, -0.05) is 46.9 Å². The van der Waals surface area contributed by atoms with Gasteiger partial charge in [0, 0.05) is 11.1 Å². The van der Waals surface area contributed by atoms with E-state index in [2.05, 4.69) is 0 Å². The number of halogens is 3. The van der Waals surface area contributed by atoms with Gasteiger partial charge in [-0.05, 0) is 53.5 Å². The van der Waals surface area contributed by atoms with Crippen LogP contribution in [0.2, 0.25) is 15.1 Å². The Morgan fingerprint density at radius 1 is 1.05 bits per heavy atom. The van der Waals surface area contributed by atoms with Crippen LogP contribution in [0.25, 0.3) is 6.08 Å². The fourth-order valence-electron chi connectivity index (χ4n) is 1.91. The lowest BCUT2D eigenvalue weighted by molar-refractivity contribution is -0.131. The van der Waals surface area contributed by atoms with E-state index in [9.17, 15) is 4.79 Å². The van der Waals surface area contributed by atoms with Gasteiger partial charge in [-0.2, -0.15) is 0 Å². The summed E-state index contributed by atoms with van der Waals surface area (Å²) in [5.74, 6) is -1.00. The fraction of sp³-hybridized carbons (Fsp3) is 0.0625. The second-order valence-corrected chi connectivity index (χ2v) is 5.69. The molecule has 0 aliphatic heterocycles. The molecule has 1 N–H and O–H groups in total. The van der Waals surface area contributed by atoms with Crippen LogP contribution in [0.1, 0.15) is 16.7 Å². The average molecular weight is 342 g/mol. The first-order valence-corrected chi connectivity index (χ1v) is 7.22. The number of hydrogen-bond acceptors (Lipinski definition) is 1. The van der Waals surface area contributed by atoms with Gasteiger partial charge in [-0.25, -0.2) is 4.79 Å². The molecule has 0 aliphatic rings. The molecule has 0 spiro atoms. The van der Waals surface area contributed by atoms with Gasteiger partial charge in [0.1, 0.15) is 0 Å². The third kappa shape index (κ3) is 4.50. The van der Waals surface area contributed by atoms with E-state index in [4.69, 9.17) is 39.9 Å². The summed E-state index contributed by atoms with van der Waals surface area (Å²) in [5.41, 5.74) is 2.70. The number of rotatable bonds is 4. The second-order valence-electron chi connectivity index (χ2n) is 4.44. The lowest BCUT2D eigenvalue weighted by Crippen LogP contribution is -1.93. The van der Waals surface area contributed by atoms with Gasteiger partial charge >= 0.3 is 5.97 Å². The zero-order valence-electron chi connectivity index (χ0n) is 10.8. The molecule has 2 nitrogen and oxygen atoms in total. The molecular weight excluding hydrogens is 331 g/mol. The zero-order valence-corrected chi connectivity index (χ0v) is 13.1. The van der Waals surface area contributed by atoms with E-state index in [1.165, 1.54) is 6.08 Å². The van der Waals surface area contributed by atoms with Crippen molar-refractivity contribution in [2.45, 2.75) is 6.42 Å². The van der Waals surface area contributed by atoms with Gasteiger partial charge in [0.2, 0.25) is 0 Å². The summed E-state index contributed by atoms with van der Waals surface area (Å²) >= 11 is 17.9. The maximum absolute atomic E-state index is 10.7. The smallest absolute Gasteiger partial charge is 0.328 e. The molecule has 0 aliphatic carbocycles. The number of carboxylic acid groups (broad SMARTS) is 1. The van der Waals surface area contributed by atoms with Crippen molar-refractivity contribution in [3.8, 4) is 0 Å². The number of benzene rings is 2. The monoisotopic (exact) mass is 340 g/mol. The predicted octanol–water partition coefficient (Wildman–Crippen LogP) is 5.34. The summed E-state index contributed by atoms with van der Waals surface area (Å²) < 4.78 is 0. The lowest BCUT2D eigenvalue weighted by Gasteiger charge is -2.08. The van der Waals surface area contributed by atoms with E-state index >= 15 is 0 Å². The molecule has 0 fully saturated rings. The molecule has 0 radical (unpaired) electrons. The molecule has 2 aromatic carbocycles. The van der Waals surface area contributed by atoms with Crippen molar-refractivity contribution in [3.05, 3.63) is 74.2 Å². The number of hydrogen-bond donors (Lipinski definition) is 1. The molecule has 21 heavy (non-hydrogen) atoms. The summed E-state index contributed by atoms with van der Waals surface area (Å²) in [6.07, 6.45) is 3.22. The quantitative estimate of drug-likeness (QED) is 0.763. The maximum atomic E-state index is 10.7. The van der Waals surface area contributed by atoms with Crippen LogP contribution >= 0.6 is 34.8 Å². The van der Waals surface area contributed by atoms with Crippen LogP contribution in [0, 0.1) is 0 Å². The molecule has 2 rings (SSSR count). The summed E-state index contributed by atoms with van der Waals surface area (Å²) in [7, 11) is 0. The number of aliphatic carboxylic acids is 1. The predicted molar refractivity (Wildman–Crippen MR) is 87.4 cm³/mol. The molecule has 0 heterocycles. The summed E-state index contributed by atoms with van der Waals surface area (Å²) in [6, 6.07) is 10.8. The Hall–Kier alpha value is -1.48. The van der Waals surface area contributed by atoms with Gasteiger partial charge in [0.05, 0.1) is 10.0 Å². The highest BCUT2D eigenvalue weighted by Gasteiger charge is 2.05. The van der Waals surface area contributed by atoms with Crippen LogP contribution in [0.15, 0.2) is 42.5 Å². The number of carboxylic acids is 1. The lowest BCUT2D eigenvalue weighted by atomic mass is 9.99. The highest BCUT2D eigenvalue weighted by molar-refractivity contribution is 6.42. The third-order valence-electron chi connectivity index (χ3n) is 2.89. The molecule has 0 saturated carbocycles. The maximum Gasteiger partial charge on any atom is 0.328 e. The van der Waals surface area contributed by atoms with Gasteiger partial charge < -0.3 is 5.11 Å². The molecule has 0 saturated heterocycles. The second kappa shape index (κ2) is 6.99. The van der Waals surface area contributed by atoms with Crippen molar-refractivity contribution in [1.82, 2.24) is 0 Å². The van der Waals surface area contributed by atoms with E-state index in [-0.39, 0.29) is 0 Å². The SMILES string of the molecule is O=C(O)C=Cc1cc(Cl)ccc1Cc1ccc(Cl)c(Cl)c1. The first kappa shape index (κ1) is 15.9. The largest absolute Gasteiger partial charge is 0.478 e. The van der Waals surface area contributed by atoms with Crippen molar-refractivity contribution in [3.63, 3.8) is 0 Å². The third-order valence-corrected chi connectivity index (χ3v) is 3.87. The van der Waals surface area contributed by atoms with Crippen LogP contribution in [-0.2, 0) is 11.2 Å². The summed E-state index contributed by atoms with van der Waals surface area (Å²) in [4.78, 5) is 10.7. The van der Waals surface area contributed by atoms with Gasteiger partial charge in [0.25, 0.3) is 0 Å². The van der Waals surface area contributed by atoms with E-state index in [1.54, 1.807) is 24.3 Å². The van der Waals surface area contributed by atoms with Crippen LogP contribution in [0.4, 0.5) is 0 Å². The van der Waals surface area contributed by atoms with Crippen molar-refractivity contribution >= 4 is 46.8 Å². The van der Waals surface area contributed by atoms with Crippen LogP contribution in [-0.4, -0.2) is 11.1 Å². The Morgan fingerprint density at radius 2 is 1.81 bits per heavy atom. The first-order chi connectivity index (χ1) is 9.95. The van der Waals surface area contributed by atoms with E-state index in [1.807, 2.05) is 12.1 Å². The molecule has 5 heteroatoms. The summed E-state index contributed by atoms with van der Waals surface area (Å²) in [5, 5.41) is 10.3. The number of carbonyl (C=O) groups is 1. The Kier molecular flexibility index (Phi) is 5.29.